The number of carbonyl (C=O) groups is 3. The first kappa shape index (κ1) is 27.0. The van der Waals surface area contributed by atoms with Crippen molar-refractivity contribution >= 4 is 17.6 Å². The minimum absolute atomic E-state index is 0.00275. The average Bonchev–Trinajstić information content (AvgIpc) is 3.44. The van der Waals surface area contributed by atoms with Crippen molar-refractivity contribution in [2.75, 3.05) is 13.2 Å². The Kier molecular flexibility index (Phi) is 9.26. The minimum Gasteiger partial charge on any atom is -0.396 e. The Morgan fingerprint density at radius 3 is 1.97 bits per heavy atom. The SMILES string of the molecule is CCc1c(C(=O)c2ccc(-n3ccnc3C)cc2)n(C(=O)CCCCO)c(=O)n1C(=O)CCCCO. The van der Waals surface area contributed by atoms with Crippen LogP contribution in [0.4, 0.5) is 0 Å². The Balaban J connectivity index is 2.07. The number of carbonyl (C=O) groups excluding carboxylic acids is 3. The highest BCUT2D eigenvalue weighted by Crippen LogP contribution is 2.19. The number of aromatic nitrogens is 4. The second-order valence-electron chi connectivity index (χ2n) is 8.47. The van der Waals surface area contributed by atoms with Crippen molar-refractivity contribution in [1.82, 2.24) is 18.7 Å². The first-order chi connectivity index (χ1) is 17.3. The molecule has 2 heterocycles. The van der Waals surface area contributed by atoms with E-state index < -0.39 is 23.3 Å². The number of benzene rings is 1. The fourth-order valence-corrected chi connectivity index (χ4v) is 4.15. The van der Waals surface area contributed by atoms with E-state index in [0.717, 1.165) is 20.6 Å². The van der Waals surface area contributed by atoms with Gasteiger partial charge in [0.05, 0.1) is 5.69 Å². The zero-order valence-electron chi connectivity index (χ0n) is 20.6. The monoisotopic (exact) mass is 496 g/mol. The van der Waals surface area contributed by atoms with Gasteiger partial charge in [0.1, 0.15) is 11.5 Å². The number of rotatable bonds is 12. The predicted molar refractivity (Wildman–Crippen MR) is 133 cm³/mol. The van der Waals surface area contributed by atoms with Crippen molar-refractivity contribution in [3.63, 3.8) is 0 Å². The third kappa shape index (κ3) is 5.60. The number of aliphatic hydroxyl groups is 2. The summed E-state index contributed by atoms with van der Waals surface area (Å²) in [7, 11) is 0. The van der Waals surface area contributed by atoms with Gasteiger partial charge in [0.2, 0.25) is 17.6 Å². The molecular formula is C26H32N4O6. The number of hydrogen-bond acceptors (Lipinski definition) is 7. The van der Waals surface area contributed by atoms with Gasteiger partial charge in [0.25, 0.3) is 0 Å². The smallest absolute Gasteiger partial charge is 0.342 e. The maximum Gasteiger partial charge on any atom is 0.342 e. The Bertz CT molecular complexity index is 1280. The molecule has 0 spiro atoms. The third-order valence-electron chi connectivity index (χ3n) is 6.03. The molecule has 0 aliphatic carbocycles. The van der Waals surface area contributed by atoms with Crippen molar-refractivity contribution in [2.24, 2.45) is 0 Å². The highest BCUT2D eigenvalue weighted by Gasteiger charge is 2.30. The topological polar surface area (TPSA) is 136 Å². The molecule has 0 amide bonds. The van der Waals surface area contributed by atoms with Crippen molar-refractivity contribution in [1.29, 1.82) is 0 Å². The minimum atomic E-state index is -0.858. The lowest BCUT2D eigenvalue weighted by molar-refractivity contribution is 0.0868. The van der Waals surface area contributed by atoms with E-state index in [2.05, 4.69) is 4.98 Å². The normalized spacial score (nSPS) is 11.1. The average molecular weight is 497 g/mol. The quantitative estimate of drug-likeness (QED) is 0.290. The summed E-state index contributed by atoms with van der Waals surface area (Å²) >= 11 is 0. The number of aryl methyl sites for hydroxylation is 1. The fourth-order valence-electron chi connectivity index (χ4n) is 4.15. The first-order valence-electron chi connectivity index (χ1n) is 12.2. The number of ketones is 1. The van der Waals surface area contributed by atoms with Gasteiger partial charge < -0.3 is 14.8 Å². The number of hydrogen-bond donors (Lipinski definition) is 2. The number of imidazole rings is 2. The Morgan fingerprint density at radius 1 is 0.889 bits per heavy atom. The van der Waals surface area contributed by atoms with Crippen LogP contribution in [0.25, 0.3) is 5.69 Å². The Morgan fingerprint density at radius 2 is 1.47 bits per heavy atom. The predicted octanol–water partition coefficient (Wildman–Crippen LogP) is 2.54. The van der Waals surface area contributed by atoms with E-state index in [4.69, 9.17) is 10.2 Å². The lowest BCUT2D eigenvalue weighted by atomic mass is 10.0. The van der Waals surface area contributed by atoms with Crippen molar-refractivity contribution in [2.45, 2.75) is 58.8 Å². The van der Waals surface area contributed by atoms with Gasteiger partial charge >= 0.3 is 5.69 Å². The van der Waals surface area contributed by atoms with Crippen molar-refractivity contribution in [3.05, 3.63) is 69.9 Å². The van der Waals surface area contributed by atoms with Gasteiger partial charge in [-0.2, -0.15) is 0 Å². The van der Waals surface area contributed by atoms with Crippen LogP contribution in [0.1, 0.15) is 82.6 Å². The second kappa shape index (κ2) is 12.4. The van der Waals surface area contributed by atoms with E-state index in [1.54, 1.807) is 43.6 Å². The van der Waals surface area contributed by atoms with Crippen LogP contribution in [0, 0.1) is 6.92 Å². The Labute approximate surface area is 208 Å². The van der Waals surface area contributed by atoms with Crippen LogP contribution in [-0.2, 0) is 6.42 Å². The second-order valence-corrected chi connectivity index (χ2v) is 8.47. The molecule has 0 bridgehead atoms. The molecule has 3 aromatic rings. The molecule has 36 heavy (non-hydrogen) atoms. The van der Waals surface area contributed by atoms with Gasteiger partial charge in [-0.25, -0.2) is 18.9 Å². The van der Waals surface area contributed by atoms with Crippen LogP contribution >= 0.6 is 0 Å². The molecule has 10 heteroatoms. The van der Waals surface area contributed by atoms with E-state index >= 15 is 0 Å². The maximum absolute atomic E-state index is 13.7. The molecule has 0 saturated heterocycles. The largest absolute Gasteiger partial charge is 0.396 e. The highest BCUT2D eigenvalue weighted by atomic mass is 16.3. The summed E-state index contributed by atoms with van der Waals surface area (Å²) in [5.41, 5.74) is 0.283. The van der Waals surface area contributed by atoms with Crippen molar-refractivity contribution < 1.29 is 24.6 Å². The molecule has 1 aromatic carbocycles. The summed E-state index contributed by atoms with van der Waals surface area (Å²) in [6, 6.07) is 6.72. The van der Waals surface area contributed by atoms with Gasteiger partial charge in [-0.1, -0.05) is 6.92 Å². The van der Waals surface area contributed by atoms with Gasteiger partial charge in [-0.3, -0.25) is 14.4 Å². The molecule has 10 nitrogen and oxygen atoms in total. The van der Waals surface area contributed by atoms with Crippen LogP contribution in [0.5, 0.6) is 0 Å². The summed E-state index contributed by atoms with van der Waals surface area (Å²) in [5, 5.41) is 18.1. The van der Waals surface area contributed by atoms with Gasteiger partial charge in [-0.05, 0) is 63.3 Å². The molecule has 0 saturated carbocycles. The van der Waals surface area contributed by atoms with Crippen LogP contribution < -0.4 is 5.69 Å². The summed E-state index contributed by atoms with van der Waals surface area (Å²) in [4.78, 5) is 57.2. The van der Waals surface area contributed by atoms with Gasteiger partial charge in [0, 0.05) is 49.7 Å². The molecule has 0 fully saturated rings. The van der Waals surface area contributed by atoms with Crippen molar-refractivity contribution in [3.8, 4) is 5.69 Å². The molecule has 192 valence electrons. The zero-order valence-corrected chi connectivity index (χ0v) is 20.6. The molecule has 3 rings (SSSR count). The standard InChI is InChI=1S/C26H32N4O6/c1-3-21-24(25(35)19-10-12-20(13-11-19)28-15-14-27-18(28)2)30(23(34)9-5-7-17-32)26(36)29(21)22(33)8-4-6-16-31/h10-15,31-32H,3-9,16-17H2,1-2H3. The molecule has 2 N–H and O–H groups in total. The molecule has 0 aliphatic rings. The van der Waals surface area contributed by atoms with E-state index in [9.17, 15) is 19.2 Å². The third-order valence-corrected chi connectivity index (χ3v) is 6.03. The lowest BCUT2D eigenvalue weighted by Crippen LogP contribution is -2.33. The maximum atomic E-state index is 13.7. The zero-order chi connectivity index (χ0) is 26.2. The fraction of sp³-hybridized carbons (Fsp3) is 0.423. The van der Waals surface area contributed by atoms with Crippen LogP contribution in [0.3, 0.4) is 0 Å². The lowest BCUT2D eigenvalue weighted by Gasteiger charge is -2.10. The molecule has 0 radical (unpaired) electrons. The van der Waals surface area contributed by atoms with Gasteiger partial charge in [0.15, 0.2) is 0 Å². The van der Waals surface area contributed by atoms with Crippen LogP contribution in [0.15, 0.2) is 41.5 Å². The van der Waals surface area contributed by atoms with Crippen LogP contribution in [0.2, 0.25) is 0 Å². The Hall–Kier alpha value is -3.63. The van der Waals surface area contributed by atoms with Gasteiger partial charge in [-0.15, -0.1) is 0 Å². The highest BCUT2D eigenvalue weighted by molar-refractivity contribution is 6.11. The first-order valence-corrected chi connectivity index (χ1v) is 12.2. The summed E-state index contributed by atoms with van der Waals surface area (Å²) in [6.45, 7) is 3.40. The summed E-state index contributed by atoms with van der Waals surface area (Å²) < 4.78 is 3.60. The molecular weight excluding hydrogens is 464 g/mol. The van der Waals surface area contributed by atoms with Crippen LogP contribution in [-0.4, -0.2) is 59.7 Å². The van der Waals surface area contributed by atoms with E-state index in [-0.39, 0.29) is 49.4 Å². The number of aliphatic hydroxyl groups excluding tert-OH is 2. The molecule has 0 atom stereocenters. The van der Waals surface area contributed by atoms with E-state index in [1.807, 2.05) is 11.5 Å². The molecule has 0 unspecified atom stereocenters. The number of nitrogens with zero attached hydrogens (tertiary/aromatic N) is 4. The van der Waals surface area contributed by atoms with E-state index in [0.29, 0.717) is 25.7 Å². The summed E-state index contributed by atoms with van der Waals surface area (Å²) in [5.74, 6) is -0.872. The summed E-state index contributed by atoms with van der Waals surface area (Å²) in [6.07, 6.45) is 5.09. The van der Waals surface area contributed by atoms with E-state index in [1.165, 1.54) is 0 Å². The molecule has 0 aliphatic heterocycles. The number of unbranched alkanes of at least 4 members (excludes halogenated alkanes) is 2. The molecule has 2 aromatic heterocycles.